The number of pyridine rings is 2. The van der Waals surface area contributed by atoms with E-state index in [1.165, 1.54) is 165 Å². The molecule has 4 atom stereocenters. The summed E-state index contributed by atoms with van der Waals surface area (Å²) in [5.74, 6) is 2.93. The summed E-state index contributed by atoms with van der Waals surface area (Å²) in [5, 5.41) is 8.30. The van der Waals surface area contributed by atoms with Crippen molar-refractivity contribution >= 4 is 48.9 Å². The van der Waals surface area contributed by atoms with Gasteiger partial charge in [0.15, 0.2) is 0 Å². The van der Waals surface area contributed by atoms with Gasteiger partial charge >= 0.3 is 0 Å². The van der Waals surface area contributed by atoms with E-state index in [0.717, 1.165) is 11.8 Å². The van der Waals surface area contributed by atoms with Gasteiger partial charge in [-0.15, -0.1) is 0 Å². The minimum Gasteiger partial charge on any atom is -0.305 e. The summed E-state index contributed by atoms with van der Waals surface area (Å²) in [7, 11) is 0. The van der Waals surface area contributed by atoms with Gasteiger partial charge in [-0.25, -0.2) is 0 Å². The van der Waals surface area contributed by atoms with Crippen LogP contribution < -0.4 is 0 Å². The number of benzene rings is 6. The van der Waals surface area contributed by atoms with E-state index in [9.17, 15) is 0 Å². The summed E-state index contributed by atoms with van der Waals surface area (Å²) >= 11 is 0. The molecule has 4 heterocycles. The Morgan fingerprint density at radius 3 is 1.77 bits per heavy atom. The highest BCUT2D eigenvalue weighted by Gasteiger charge is 2.47. The zero-order valence-corrected chi connectivity index (χ0v) is 41.3. The van der Waals surface area contributed by atoms with Gasteiger partial charge < -0.3 is 4.40 Å². The van der Waals surface area contributed by atoms with Crippen molar-refractivity contribution in [2.75, 3.05) is 0 Å². The molecule has 338 valence electrons. The van der Waals surface area contributed by atoms with Gasteiger partial charge in [0.2, 0.25) is 0 Å². The topological polar surface area (TPSA) is 30.2 Å². The molecule has 0 saturated heterocycles. The number of fused-ring (bicyclic) bond motifs is 11. The molecule has 8 aliphatic rings. The van der Waals surface area contributed by atoms with E-state index in [0.29, 0.717) is 11.8 Å². The van der Waals surface area contributed by atoms with Gasteiger partial charge in [0.25, 0.3) is 0 Å². The Morgan fingerprint density at radius 1 is 0.507 bits per heavy atom. The van der Waals surface area contributed by atoms with Crippen LogP contribution in [-0.2, 0) is 16.2 Å². The normalized spacial score (nSPS) is 23.5. The molecule has 0 N–H and O–H groups in total. The van der Waals surface area contributed by atoms with Gasteiger partial charge in [-0.05, 0) is 168 Å². The molecule has 0 amide bonds. The lowest BCUT2D eigenvalue weighted by Crippen LogP contribution is -2.30. The molecule has 0 radical (unpaired) electrons. The SMILES string of the molecule is CC(C)(C)c1ccc2c(c1)C1c3ccc(C(C)(C)C)cc3C2c2c1ncc1c2c2cc(-c3cc4c(c5ccccc35)-c3ccccc3C4(C)C)cc3c4c5c(ncc4n1c32)C1CC2CC(C1)CC5C2. The van der Waals surface area contributed by atoms with E-state index in [1.807, 2.05) is 0 Å². The largest absolute Gasteiger partial charge is 0.305 e. The third-order valence-corrected chi connectivity index (χ3v) is 19.2. The zero-order valence-electron chi connectivity index (χ0n) is 41.3. The van der Waals surface area contributed by atoms with Crippen LogP contribution in [0.2, 0.25) is 0 Å². The second kappa shape index (κ2) is 12.7. The smallest absolute Gasteiger partial charge is 0.0728 e. The first-order valence-corrected chi connectivity index (χ1v) is 26.2. The van der Waals surface area contributed by atoms with Crippen LogP contribution in [-0.4, -0.2) is 14.4 Å². The average molecular weight is 894 g/mol. The molecule has 0 spiro atoms. The third kappa shape index (κ3) is 4.90. The van der Waals surface area contributed by atoms with E-state index in [4.69, 9.17) is 9.97 Å². The molecule has 2 fully saturated rings. The number of hydrogen-bond acceptors (Lipinski definition) is 2. The zero-order chi connectivity index (χ0) is 46.4. The van der Waals surface area contributed by atoms with Crippen molar-refractivity contribution in [3.63, 3.8) is 0 Å². The standard InChI is InChI=1S/C66H59N3/c1-64(2,3)38-18-20-43-46(28-38)56-42-19-17-39(65(4,5)6)29-47(42)57(43)62-60(56)59-49-27-35(45-30-51-55(41-14-10-9-13-40(41)45)44-15-11-12-16-50(44)66(51,7)8)26-48-58-52(69(63(48)49)53(59)32-68-62)31-67-61-37-24-33-21-34(25-37)23-36(22-33)54(58)61/h9-20,26-34,36-37,56-57H,21-25H2,1-8H3. The van der Waals surface area contributed by atoms with Crippen LogP contribution in [0.15, 0.2) is 116 Å². The first kappa shape index (κ1) is 39.5. The summed E-state index contributed by atoms with van der Waals surface area (Å²) < 4.78 is 2.63. The fraction of sp³-hybridized carbons (Fsp3) is 0.333. The molecule has 8 aliphatic carbocycles. The van der Waals surface area contributed by atoms with Crippen molar-refractivity contribution in [2.24, 2.45) is 11.8 Å². The lowest BCUT2D eigenvalue weighted by Gasteiger charge is -2.43. The first-order valence-electron chi connectivity index (χ1n) is 26.2. The molecule has 0 aliphatic heterocycles. The molecule has 3 heteroatoms. The van der Waals surface area contributed by atoms with Crippen LogP contribution in [0.1, 0.15) is 178 Å². The van der Waals surface area contributed by atoms with E-state index in [-0.39, 0.29) is 28.1 Å². The van der Waals surface area contributed by atoms with Crippen LogP contribution >= 0.6 is 0 Å². The number of aromatic nitrogens is 3. The highest BCUT2D eigenvalue weighted by Crippen LogP contribution is 2.62. The molecule has 3 nitrogen and oxygen atoms in total. The number of hydrogen-bond donors (Lipinski definition) is 0. The van der Waals surface area contributed by atoms with Crippen LogP contribution in [0.4, 0.5) is 0 Å². The second-order valence-electron chi connectivity index (χ2n) is 25.3. The molecule has 4 aromatic heterocycles. The van der Waals surface area contributed by atoms with E-state index < -0.39 is 0 Å². The molecule has 18 rings (SSSR count). The van der Waals surface area contributed by atoms with Crippen LogP contribution in [0.3, 0.4) is 0 Å². The van der Waals surface area contributed by atoms with Crippen molar-refractivity contribution in [1.82, 2.24) is 14.4 Å². The molecule has 69 heavy (non-hydrogen) atoms. The van der Waals surface area contributed by atoms with Crippen molar-refractivity contribution < 1.29 is 0 Å². The van der Waals surface area contributed by atoms with E-state index in [1.54, 1.807) is 5.56 Å². The molecule has 6 bridgehead atoms. The van der Waals surface area contributed by atoms with Gasteiger partial charge in [-0.1, -0.05) is 140 Å². The monoisotopic (exact) mass is 893 g/mol. The first-order chi connectivity index (χ1) is 33.2. The van der Waals surface area contributed by atoms with E-state index in [2.05, 4.69) is 175 Å². The Kier molecular flexibility index (Phi) is 7.28. The van der Waals surface area contributed by atoms with Crippen molar-refractivity contribution in [3.8, 4) is 22.3 Å². The highest BCUT2D eigenvalue weighted by atomic mass is 14.9. The van der Waals surface area contributed by atoms with Gasteiger partial charge in [-0.3, -0.25) is 9.97 Å². The summed E-state index contributed by atoms with van der Waals surface area (Å²) in [6.45, 7) is 19.0. The molecule has 2 saturated carbocycles. The maximum Gasteiger partial charge on any atom is 0.0728 e. The quantitative estimate of drug-likeness (QED) is 0.164. The minimum absolute atomic E-state index is 0.0283. The second-order valence-corrected chi connectivity index (χ2v) is 25.3. The Balaban J connectivity index is 1.05. The van der Waals surface area contributed by atoms with Gasteiger partial charge in [0, 0.05) is 44.5 Å². The summed E-state index contributed by atoms with van der Waals surface area (Å²) in [4.78, 5) is 11.3. The Hall–Kier alpha value is -6.32. The predicted molar refractivity (Wildman–Crippen MR) is 285 cm³/mol. The van der Waals surface area contributed by atoms with Gasteiger partial charge in [-0.2, -0.15) is 0 Å². The maximum absolute atomic E-state index is 5.72. The number of rotatable bonds is 1. The van der Waals surface area contributed by atoms with Gasteiger partial charge in [0.1, 0.15) is 0 Å². The van der Waals surface area contributed by atoms with Gasteiger partial charge in [0.05, 0.1) is 40.6 Å². The van der Waals surface area contributed by atoms with Crippen molar-refractivity contribution in [3.05, 3.63) is 183 Å². The predicted octanol–water partition coefficient (Wildman–Crippen LogP) is 16.7. The summed E-state index contributed by atoms with van der Waals surface area (Å²) in [5.41, 5.74) is 26.3. The fourth-order valence-electron chi connectivity index (χ4n) is 16.2. The maximum atomic E-state index is 5.72. The van der Waals surface area contributed by atoms with E-state index >= 15 is 0 Å². The lowest BCUT2D eigenvalue weighted by atomic mass is 9.60. The molecule has 6 aromatic carbocycles. The summed E-state index contributed by atoms with van der Waals surface area (Å²) in [6, 6.07) is 41.2. The van der Waals surface area contributed by atoms with Crippen LogP contribution in [0.5, 0.6) is 0 Å². The highest BCUT2D eigenvalue weighted by molar-refractivity contribution is 6.26. The minimum atomic E-state index is -0.126. The molecular formula is C66H59N3. The molecule has 10 aromatic rings. The Labute approximate surface area is 405 Å². The van der Waals surface area contributed by atoms with Crippen molar-refractivity contribution in [2.45, 2.75) is 127 Å². The Morgan fingerprint density at radius 2 is 1.09 bits per heavy atom. The van der Waals surface area contributed by atoms with Crippen LogP contribution in [0, 0.1) is 11.8 Å². The third-order valence-electron chi connectivity index (χ3n) is 19.2. The van der Waals surface area contributed by atoms with Crippen LogP contribution in [0.25, 0.3) is 71.1 Å². The Bertz CT molecular complexity index is 3960. The fourth-order valence-corrected chi connectivity index (χ4v) is 16.2. The molecular weight excluding hydrogens is 835 g/mol. The lowest BCUT2D eigenvalue weighted by molar-refractivity contribution is 0.165. The average Bonchev–Trinajstić information content (AvgIpc) is 3.88. The van der Waals surface area contributed by atoms with Crippen molar-refractivity contribution in [1.29, 1.82) is 0 Å². The number of nitrogens with zero attached hydrogens (tertiary/aromatic N) is 3. The summed E-state index contributed by atoms with van der Waals surface area (Å²) in [6.07, 6.45) is 11.2. The molecule has 4 unspecified atom stereocenters.